The van der Waals surface area contributed by atoms with Crippen molar-refractivity contribution >= 4 is 37.4 Å². The summed E-state index contributed by atoms with van der Waals surface area (Å²) in [6, 6.07) is 7.85. The highest BCUT2D eigenvalue weighted by Gasteiger charge is 2.13. The van der Waals surface area contributed by atoms with Gasteiger partial charge in [-0.2, -0.15) is 0 Å². The second kappa shape index (κ2) is 5.41. The summed E-state index contributed by atoms with van der Waals surface area (Å²) in [5.41, 5.74) is 0.914. The van der Waals surface area contributed by atoms with Gasteiger partial charge in [0.15, 0.2) is 9.84 Å². The number of aryl methyl sites for hydroxylation is 1. The number of nitrogens with one attached hydrogen (secondary N) is 1. The summed E-state index contributed by atoms with van der Waals surface area (Å²) < 4.78 is 25.4. The van der Waals surface area contributed by atoms with E-state index in [1.165, 1.54) is 12.1 Å². The number of sulfone groups is 1. The zero-order valence-electron chi connectivity index (χ0n) is 10.9. The molecular weight excluding hydrogens is 344 g/mol. The Labute approximate surface area is 125 Å². The number of nitrogens with zero attached hydrogens (tertiary/aromatic N) is 1. The van der Waals surface area contributed by atoms with Crippen LogP contribution in [-0.4, -0.2) is 25.1 Å². The molecule has 1 amide bonds. The summed E-state index contributed by atoms with van der Waals surface area (Å²) in [6.07, 6.45) is 2.89. The molecular formula is C13H13BrN2O3S. The van der Waals surface area contributed by atoms with Gasteiger partial charge in [0.2, 0.25) is 0 Å². The number of carbonyl (C=O) groups is 1. The molecule has 0 saturated heterocycles. The van der Waals surface area contributed by atoms with Crippen LogP contribution in [0.2, 0.25) is 0 Å². The summed E-state index contributed by atoms with van der Waals surface area (Å²) in [4.78, 5) is 12.3. The first-order valence-electron chi connectivity index (χ1n) is 5.71. The van der Waals surface area contributed by atoms with Crippen molar-refractivity contribution in [3.63, 3.8) is 0 Å². The highest BCUT2D eigenvalue weighted by atomic mass is 79.9. The Morgan fingerprint density at radius 3 is 2.55 bits per heavy atom. The molecule has 0 radical (unpaired) electrons. The lowest BCUT2D eigenvalue weighted by Gasteiger charge is -2.07. The minimum atomic E-state index is -3.29. The van der Waals surface area contributed by atoms with Gasteiger partial charge in [0, 0.05) is 29.7 Å². The molecule has 0 aliphatic rings. The maximum atomic E-state index is 12.1. The average Bonchev–Trinajstić information content (AvgIpc) is 2.68. The molecule has 5 nitrogen and oxygen atoms in total. The molecule has 0 spiro atoms. The summed E-state index contributed by atoms with van der Waals surface area (Å²) >= 11 is 3.29. The van der Waals surface area contributed by atoms with Gasteiger partial charge in [-0.15, -0.1) is 0 Å². The molecule has 0 atom stereocenters. The Bertz CT molecular complexity index is 766. The second-order valence-corrected chi connectivity index (χ2v) is 7.34. The highest BCUT2D eigenvalue weighted by molar-refractivity contribution is 9.10. The minimum absolute atomic E-state index is 0.170. The molecule has 0 aliphatic heterocycles. The molecule has 2 rings (SSSR count). The normalized spacial score (nSPS) is 11.3. The molecule has 0 fully saturated rings. The van der Waals surface area contributed by atoms with E-state index in [0.717, 1.165) is 10.7 Å². The quantitative estimate of drug-likeness (QED) is 0.918. The standard InChI is InChI=1S/C13H13BrN2O3S/c1-16-8-9(14)6-12(16)13(17)15-10-4-3-5-11(7-10)20(2,18)19/h3-8H,1-2H3,(H,15,17). The third-order valence-electron chi connectivity index (χ3n) is 2.72. The lowest BCUT2D eigenvalue weighted by Crippen LogP contribution is -2.15. The maximum absolute atomic E-state index is 12.1. The SMILES string of the molecule is Cn1cc(Br)cc1C(=O)Nc1cccc(S(C)(=O)=O)c1. The molecule has 1 aromatic heterocycles. The predicted molar refractivity (Wildman–Crippen MR) is 80.6 cm³/mol. The Balaban J connectivity index is 2.27. The fourth-order valence-corrected chi connectivity index (χ4v) is 2.94. The van der Waals surface area contributed by atoms with Gasteiger partial charge in [-0.1, -0.05) is 6.07 Å². The van der Waals surface area contributed by atoms with Gasteiger partial charge < -0.3 is 9.88 Å². The van der Waals surface area contributed by atoms with Gasteiger partial charge in [0.25, 0.3) is 5.91 Å². The van der Waals surface area contributed by atoms with Crippen LogP contribution >= 0.6 is 15.9 Å². The van der Waals surface area contributed by atoms with Crippen LogP contribution in [-0.2, 0) is 16.9 Å². The second-order valence-electron chi connectivity index (χ2n) is 4.41. The number of benzene rings is 1. The van der Waals surface area contributed by atoms with E-state index in [0.29, 0.717) is 11.4 Å². The van der Waals surface area contributed by atoms with E-state index in [4.69, 9.17) is 0 Å². The number of hydrogen-bond acceptors (Lipinski definition) is 3. The first-order valence-corrected chi connectivity index (χ1v) is 8.39. The van der Waals surface area contributed by atoms with Crippen LogP contribution in [0.25, 0.3) is 0 Å². The maximum Gasteiger partial charge on any atom is 0.272 e. The van der Waals surface area contributed by atoms with Crippen molar-refractivity contribution in [2.75, 3.05) is 11.6 Å². The molecule has 2 aromatic rings. The zero-order chi connectivity index (χ0) is 14.9. The van der Waals surface area contributed by atoms with Crippen molar-refractivity contribution in [3.8, 4) is 0 Å². The Hall–Kier alpha value is -1.60. The summed E-state index contributed by atoms with van der Waals surface area (Å²) in [5, 5.41) is 2.68. The molecule has 0 bridgehead atoms. The molecule has 20 heavy (non-hydrogen) atoms. The lowest BCUT2D eigenvalue weighted by molar-refractivity contribution is 0.101. The van der Waals surface area contributed by atoms with Gasteiger partial charge in [-0.3, -0.25) is 4.79 Å². The molecule has 0 aliphatic carbocycles. The van der Waals surface area contributed by atoms with Crippen molar-refractivity contribution in [1.82, 2.24) is 4.57 Å². The minimum Gasteiger partial charge on any atom is -0.345 e. The number of aromatic nitrogens is 1. The van der Waals surface area contributed by atoms with Gasteiger partial charge in [0.1, 0.15) is 5.69 Å². The summed E-state index contributed by atoms with van der Waals surface area (Å²) in [5.74, 6) is -0.302. The fraction of sp³-hybridized carbons (Fsp3) is 0.154. The van der Waals surface area contributed by atoms with Gasteiger partial charge in [-0.05, 0) is 40.2 Å². The number of hydrogen-bond donors (Lipinski definition) is 1. The van der Waals surface area contributed by atoms with Crippen LogP contribution < -0.4 is 5.32 Å². The van der Waals surface area contributed by atoms with E-state index in [-0.39, 0.29) is 10.8 Å². The zero-order valence-corrected chi connectivity index (χ0v) is 13.3. The van der Waals surface area contributed by atoms with E-state index < -0.39 is 9.84 Å². The average molecular weight is 357 g/mol. The van der Waals surface area contributed by atoms with Crippen LogP contribution in [0, 0.1) is 0 Å². The Morgan fingerprint density at radius 2 is 2.00 bits per heavy atom. The molecule has 0 unspecified atom stereocenters. The largest absolute Gasteiger partial charge is 0.345 e. The predicted octanol–water partition coefficient (Wildman–Crippen LogP) is 2.44. The molecule has 7 heteroatoms. The van der Waals surface area contributed by atoms with E-state index >= 15 is 0 Å². The van der Waals surface area contributed by atoms with Gasteiger partial charge in [0.05, 0.1) is 4.90 Å². The van der Waals surface area contributed by atoms with Crippen LogP contribution in [0.5, 0.6) is 0 Å². The van der Waals surface area contributed by atoms with Gasteiger partial charge in [-0.25, -0.2) is 8.42 Å². The van der Waals surface area contributed by atoms with Crippen LogP contribution in [0.4, 0.5) is 5.69 Å². The van der Waals surface area contributed by atoms with Crippen LogP contribution in [0.3, 0.4) is 0 Å². The van der Waals surface area contributed by atoms with Crippen LogP contribution in [0.15, 0.2) is 45.9 Å². The first kappa shape index (κ1) is 14.8. The Kier molecular flexibility index (Phi) is 4.01. The number of anilines is 1. The molecule has 1 N–H and O–H groups in total. The third-order valence-corrected chi connectivity index (χ3v) is 4.27. The fourth-order valence-electron chi connectivity index (χ4n) is 1.75. The molecule has 1 heterocycles. The van der Waals surface area contributed by atoms with E-state index in [2.05, 4.69) is 21.2 Å². The number of rotatable bonds is 3. The van der Waals surface area contributed by atoms with E-state index in [1.807, 2.05) is 0 Å². The van der Waals surface area contributed by atoms with Crippen molar-refractivity contribution in [3.05, 3.63) is 46.7 Å². The summed E-state index contributed by atoms with van der Waals surface area (Å²) in [7, 11) is -1.54. The Morgan fingerprint density at radius 1 is 1.30 bits per heavy atom. The lowest BCUT2D eigenvalue weighted by atomic mass is 10.3. The topological polar surface area (TPSA) is 68.2 Å². The molecule has 1 aromatic carbocycles. The van der Waals surface area contributed by atoms with E-state index in [1.54, 1.807) is 36.0 Å². The summed E-state index contributed by atoms with van der Waals surface area (Å²) in [6.45, 7) is 0. The number of amides is 1. The highest BCUT2D eigenvalue weighted by Crippen LogP contribution is 2.18. The smallest absolute Gasteiger partial charge is 0.272 e. The number of halogens is 1. The van der Waals surface area contributed by atoms with Crippen molar-refractivity contribution in [2.24, 2.45) is 7.05 Å². The van der Waals surface area contributed by atoms with Gasteiger partial charge >= 0.3 is 0 Å². The first-order chi connectivity index (χ1) is 9.27. The third kappa shape index (κ3) is 3.29. The number of carbonyl (C=O) groups excluding carboxylic acids is 1. The molecule has 0 saturated carbocycles. The molecule has 106 valence electrons. The van der Waals surface area contributed by atoms with Crippen molar-refractivity contribution in [1.29, 1.82) is 0 Å². The van der Waals surface area contributed by atoms with Crippen molar-refractivity contribution in [2.45, 2.75) is 4.90 Å². The van der Waals surface area contributed by atoms with Crippen LogP contribution in [0.1, 0.15) is 10.5 Å². The monoisotopic (exact) mass is 356 g/mol. The van der Waals surface area contributed by atoms with Crippen molar-refractivity contribution < 1.29 is 13.2 Å². The van der Waals surface area contributed by atoms with E-state index in [9.17, 15) is 13.2 Å².